The van der Waals surface area contributed by atoms with E-state index in [9.17, 15) is 24.9 Å². The zero-order valence-electron chi connectivity index (χ0n) is 17.2. The van der Waals surface area contributed by atoms with Gasteiger partial charge in [-0.3, -0.25) is 4.57 Å². The third-order valence-corrected chi connectivity index (χ3v) is 6.40. The normalized spacial score (nSPS) is 27.7. The van der Waals surface area contributed by atoms with Gasteiger partial charge in [-0.25, -0.2) is 23.9 Å². The number of hydrogen-bond acceptors (Lipinski definition) is 10. The third-order valence-electron chi connectivity index (χ3n) is 6.01. The van der Waals surface area contributed by atoms with E-state index in [0.717, 1.165) is 4.57 Å². The number of carboxylic acids is 2. The first-order valence-corrected chi connectivity index (χ1v) is 10.7. The fourth-order valence-corrected chi connectivity index (χ4v) is 4.42. The van der Waals surface area contributed by atoms with Crippen molar-refractivity contribution in [3.05, 3.63) is 40.7 Å². The first-order chi connectivity index (χ1) is 16.5. The van der Waals surface area contributed by atoms with Crippen molar-refractivity contribution in [2.24, 2.45) is 0 Å². The first-order valence-electron chi connectivity index (χ1n) is 9.91. The van der Waals surface area contributed by atoms with Gasteiger partial charge >= 0.3 is 11.9 Å². The van der Waals surface area contributed by atoms with E-state index in [1.54, 1.807) is 0 Å². The van der Waals surface area contributed by atoms with Gasteiger partial charge in [-0.2, -0.15) is 9.97 Å². The number of aromatic nitrogens is 5. The van der Waals surface area contributed by atoms with Crippen molar-refractivity contribution in [3.63, 3.8) is 0 Å². The minimum Gasteiger partial charge on any atom is -0.479 e. The Labute approximate surface area is 204 Å². The van der Waals surface area contributed by atoms with Gasteiger partial charge in [-0.15, -0.1) is 0 Å². The predicted octanol–water partition coefficient (Wildman–Crippen LogP) is 0.626. The number of carbonyl (C=O) groups is 2. The second-order valence-electron chi connectivity index (χ2n) is 8.08. The van der Waals surface area contributed by atoms with Crippen molar-refractivity contribution in [2.45, 2.75) is 42.2 Å². The Balaban J connectivity index is 1.42. The summed E-state index contributed by atoms with van der Waals surface area (Å²) in [4.78, 5) is 39.6. The van der Waals surface area contributed by atoms with Crippen LogP contribution in [-0.2, 0) is 25.5 Å². The number of imidazole rings is 1. The average molecular weight is 529 g/mol. The zero-order chi connectivity index (χ0) is 25.3. The van der Waals surface area contributed by atoms with Crippen LogP contribution in [0, 0.1) is 0 Å². The summed E-state index contributed by atoms with van der Waals surface area (Å²) < 4.78 is 27.6. The summed E-state index contributed by atoms with van der Waals surface area (Å²) in [6, 6.07) is 2.71. The summed E-state index contributed by atoms with van der Waals surface area (Å²) in [7, 11) is 0. The molecule has 35 heavy (non-hydrogen) atoms. The summed E-state index contributed by atoms with van der Waals surface area (Å²) in [5.74, 6) is -3.77. The largest absolute Gasteiger partial charge is 0.479 e. The number of halogens is 3. The maximum atomic E-state index is 15.5. The summed E-state index contributed by atoms with van der Waals surface area (Å²) in [5.41, 5.74) is 0.882. The molecule has 0 aromatic carbocycles. The standard InChI is InChI=1S/C19H15Cl2FN6O7/c20-7-2-1-6(4-24-7)3-18(15(29)30,16(31)32)35-11-10-19(11,33)9(22)14(34-10)28-5-25-8-12(23)26-17(21)27-13(8)28/h1-2,4-5,9-11,14,33H,3H2,(H,29,30)(H,31,32)(H2,23,26,27)/t9-,10-,11?,14-,19+/m1/s1. The molecule has 184 valence electrons. The van der Waals surface area contributed by atoms with Crippen molar-refractivity contribution in [2.75, 3.05) is 5.73 Å². The van der Waals surface area contributed by atoms with E-state index in [0.29, 0.717) is 0 Å². The van der Waals surface area contributed by atoms with Crippen LogP contribution in [0.1, 0.15) is 11.8 Å². The number of ether oxygens (including phenoxy) is 2. The quantitative estimate of drug-likeness (QED) is 0.190. The maximum absolute atomic E-state index is 15.5. The molecule has 0 bridgehead atoms. The molecule has 1 aliphatic carbocycles. The molecule has 1 aliphatic heterocycles. The lowest BCUT2D eigenvalue weighted by molar-refractivity contribution is -0.194. The highest BCUT2D eigenvalue weighted by atomic mass is 35.5. The Morgan fingerprint density at radius 2 is 1.97 bits per heavy atom. The van der Waals surface area contributed by atoms with Gasteiger partial charge in [0.2, 0.25) is 5.28 Å². The van der Waals surface area contributed by atoms with Crippen LogP contribution in [0.3, 0.4) is 0 Å². The molecular formula is C19H15Cl2FN6O7. The van der Waals surface area contributed by atoms with E-state index >= 15 is 4.39 Å². The topological polar surface area (TPSA) is 196 Å². The van der Waals surface area contributed by atoms with Gasteiger partial charge in [0.15, 0.2) is 29.5 Å². The van der Waals surface area contributed by atoms with Crippen LogP contribution in [-0.4, -0.2) is 81.3 Å². The molecule has 1 saturated carbocycles. The van der Waals surface area contributed by atoms with E-state index in [4.69, 9.17) is 38.4 Å². The van der Waals surface area contributed by atoms with Crippen LogP contribution < -0.4 is 5.73 Å². The van der Waals surface area contributed by atoms with Crippen molar-refractivity contribution in [3.8, 4) is 0 Å². The number of nitrogens with two attached hydrogens (primary N) is 1. The second kappa shape index (κ2) is 7.93. The number of nitrogens with zero attached hydrogens (tertiary/aromatic N) is 5. The van der Waals surface area contributed by atoms with Crippen LogP contribution in [0.5, 0.6) is 0 Å². The highest BCUT2D eigenvalue weighted by molar-refractivity contribution is 6.29. The van der Waals surface area contributed by atoms with Gasteiger partial charge < -0.3 is 30.5 Å². The number of pyridine rings is 1. The Kier molecular flexibility index (Phi) is 5.34. The molecule has 3 aromatic heterocycles. The first kappa shape index (κ1) is 23.6. The number of carboxylic acid groups (broad SMARTS) is 2. The molecule has 13 nitrogen and oxygen atoms in total. The lowest BCUT2D eigenvalue weighted by Gasteiger charge is -2.28. The number of nitrogen functional groups attached to an aromatic ring is 1. The smallest absolute Gasteiger partial charge is 0.348 e. The molecule has 1 saturated heterocycles. The number of aliphatic hydroxyl groups is 1. The van der Waals surface area contributed by atoms with Gasteiger partial charge in [0.1, 0.15) is 22.9 Å². The lowest BCUT2D eigenvalue weighted by atomic mass is 9.95. The van der Waals surface area contributed by atoms with Crippen LogP contribution in [0.15, 0.2) is 24.7 Å². The van der Waals surface area contributed by atoms with Gasteiger partial charge in [0.05, 0.1) is 6.33 Å². The van der Waals surface area contributed by atoms with Gasteiger partial charge in [-0.1, -0.05) is 17.7 Å². The molecule has 4 heterocycles. The molecule has 5 N–H and O–H groups in total. The van der Waals surface area contributed by atoms with Crippen LogP contribution >= 0.6 is 23.2 Å². The minimum absolute atomic E-state index is 0.0400. The fourth-order valence-electron chi connectivity index (χ4n) is 4.13. The lowest BCUT2D eigenvalue weighted by Crippen LogP contribution is -2.53. The molecule has 5 atom stereocenters. The molecular weight excluding hydrogens is 514 g/mol. The Bertz CT molecular complexity index is 1340. The van der Waals surface area contributed by atoms with E-state index in [1.165, 1.54) is 24.7 Å². The zero-order valence-corrected chi connectivity index (χ0v) is 18.8. The van der Waals surface area contributed by atoms with Crippen LogP contribution in [0.2, 0.25) is 10.4 Å². The van der Waals surface area contributed by atoms with Crippen LogP contribution in [0.4, 0.5) is 10.2 Å². The highest BCUT2D eigenvalue weighted by Crippen LogP contribution is 2.58. The highest BCUT2D eigenvalue weighted by Gasteiger charge is 2.80. The summed E-state index contributed by atoms with van der Waals surface area (Å²) >= 11 is 11.5. The van der Waals surface area contributed by atoms with Gasteiger partial charge in [-0.05, 0) is 23.2 Å². The van der Waals surface area contributed by atoms with Gasteiger partial charge in [0, 0.05) is 12.6 Å². The fraction of sp³-hybridized carbons (Fsp3) is 0.368. The summed E-state index contributed by atoms with van der Waals surface area (Å²) in [5, 5.41) is 30.3. The van der Waals surface area contributed by atoms with E-state index in [1.807, 2.05) is 0 Å². The number of fused-ring (bicyclic) bond motifs is 2. The number of aliphatic carboxylic acids is 2. The molecule has 0 spiro atoms. The van der Waals surface area contributed by atoms with Crippen molar-refractivity contribution in [1.29, 1.82) is 0 Å². The molecule has 0 radical (unpaired) electrons. The van der Waals surface area contributed by atoms with Crippen molar-refractivity contribution >= 4 is 52.1 Å². The van der Waals surface area contributed by atoms with Crippen molar-refractivity contribution < 1.29 is 38.8 Å². The maximum Gasteiger partial charge on any atom is 0.348 e. The molecule has 0 amide bonds. The Morgan fingerprint density at radius 3 is 2.54 bits per heavy atom. The van der Waals surface area contributed by atoms with E-state index in [2.05, 4.69) is 19.9 Å². The van der Waals surface area contributed by atoms with Crippen molar-refractivity contribution in [1.82, 2.24) is 24.5 Å². The Hall–Kier alpha value is -3.17. The second-order valence-corrected chi connectivity index (χ2v) is 8.81. The van der Waals surface area contributed by atoms with E-state index in [-0.39, 0.29) is 33.0 Å². The van der Waals surface area contributed by atoms with Crippen LogP contribution in [0.25, 0.3) is 11.2 Å². The minimum atomic E-state index is -2.87. The molecule has 16 heteroatoms. The molecule has 2 fully saturated rings. The predicted molar refractivity (Wildman–Crippen MR) is 114 cm³/mol. The number of alkyl halides is 1. The van der Waals surface area contributed by atoms with Gasteiger partial charge in [0.25, 0.3) is 5.60 Å². The molecule has 2 aliphatic rings. The SMILES string of the molecule is Nc1nc(Cl)nc2c1ncn2[C@@H]1O[C@@H]2C(OC(Cc3ccc(Cl)nc3)(C(=O)O)C(=O)O)[C@]2(O)[C@@H]1F. The monoisotopic (exact) mass is 528 g/mol. The third kappa shape index (κ3) is 3.48. The summed E-state index contributed by atoms with van der Waals surface area (Å²) in [6.45, 7) is 0. The molecule has 3 aromatic rings. The summed E-state index contributed by atoms with van der Waals surface area (Å²) in [6.07, 6.45) is -4.94. The average Bonchev–Trinajstić information content (AvgIpc) is 3.05. The molecule has 1 unspecified atom stereocenters. The molecule has 5 rings (SSSR count). The Morgan fingerprint density at radius 1 is 1.26 bits per heavy atom. The number of rotatable bonds is 7. The van der Waals surface area contributed by atoms with E-state index < -0.39 is 54.2 Å². The number of hydrogen-bond donors (Lipinski definition) is 4. The number of anilines is 1.